The van der Waals surface area contributed by atoms with Gasteiger partial charge in [0.25, 0.3) is 5.56 Å². The Morgan fingerprint density at radius 3 is 2.94 bits per heavy atom. The van der Waals surface area contributed by atoms with Crippen molar-refractivity contribution in [2.45, 2.75) is 25.7 Å². The van der Waals surface area contributed by atoms with E-state index in [1.807, 2.05) is 12.1 Å². The van der Waals surface area contributed by atoms with Crippen molar-refractivity contribution >= 4 is 17.2 Å². The molecule has 82 valence electrons. The van der Waals surface area contributed by atoms with Crippen LogP contribution in [-0.2, 0) is 0 Å². The minimum atomic E-state index is -0.0858. The van der Waals surface area contributed by atoms with Crippen molar-refractivity contribution in [1.29, 1.82) is 0 Å². The normalized spacial score (nSPS) is 15.6. The van der Waals surface area contributed by atoms with Gasteiger partial charge in [0.2, 0.25) is 0 Å². The lowest BCUT2D eigenvalue weighted by atomic mass is 10.2. The molecule has 0 aromatic carbocycles. The molecule has 16 heavy (non-hydrogen) atoms. The zero-order chi connectivity index (χ0) is 11.3. The number of hydrogen-bond acceptors (Lipinski definition) is 2. The Morgan fingerprint density at radius 1 is 1.50 bits per heavy atom. The van der Waals surface area contributed by atoms with Gasteiger partial charge in [-0.05, 0) is 43.4 Å². The van der Waals surface area contributed by atoms with Gasteiger partial charge in [-0.1, -0.05) is 11.6 Å². The van der Waals surface area contributed by atoms with Gasteiger partial charge >= 0.3 is 0 Å². The summed E-state index contributed by atoms with van der Waals surface area (Å²) in [5, 5.41) is 0.304. The number of aromatic nitrogens is 2. The van der Waals surface area contributed by atoms with Gasteiger partial charge in [0.15, 0.2) is 0 Å². The lowest BCUT2D eigenvalue weighted by Crippen LogP contribution is -2.18. The third-order valence-corrected chi connectivity index (χ3v) is 3.44. The molecule has 2 aromatic rings. The summed E-state index contributed by atoms with van der Waals surface area (Å²) in [5.74, 6) is 0.655. The molecule has 0 amide bonds. The molecule has 1 aliphatic carbocycles. The maximum Gasteiger partial charge on any atom is 0.262 e. The predicted octanol–water partition coefficient (Wildman–Crippen LogP) is 2.53. The van der Waals surface area contributed by atoms with Crippen LogP contribution in [0.1, 0.15) is 29.9 Å². The van der Waals surface area contributed by atoms with Crippen LogP contribution < -0.4 is 5.56 Å². The van der Waals surface area contributed by atoms with Crippen molar-refractivity contribution in [3.63, 3.8) is 0 Å². The Bertz CT molecular complexity index is 629. The van der Waals surface area contributed by atoms with Crippen molar-refractivity contribution in [3.8, 4) is 0 Å². The summed E-state index contributed by atoms with van der Waals surface area (Å²) < 4.78 is 1.55. The second-order valence-electron chi connectivity index (χ2n) is 4.30. The SMILES string of the molecule is Cc1c(Cl)nc2cc(C3CC3)ccn2c1=O. The molecule has 0 radical (unpaired) electrons. The van der Waals surface area contributed by atoms with E-state index >= 15 is 0 Å². The Hall–Kier alpha value is -1.35. The van der Waals surface area contributed by atoms with Crippen LogP contribution in [0, 0.1) is 6.92 Å². The van der Waals surface area contributed by atoms with Crippen molar-refractivity contribution in [3.05, 3.63) is 45.0 Å². The fraction of sp³-hybridized carbons (Fsp3) is 0.333. The highest BCUT2D eigenvalue weighted by molar-refractivity contribution is 6.30. The molecule has 1 saturated carbocycles. The van der Waals surface area contributed by atoms with Crippen molar-refractivity contribution < 1.29 is 0 Å². The van der Waals surface area contributed by atoms with E-state index in [9.17, 15) is 4.79 Å². The van der Waals surface area contributed by atoms with Gasteiger partial charge < -0.3 is 0 Å². The largest absolute Gasteiger partial charge is 0.269 e. The van der Waals surface area contributed by atoms with E-state index < -0.39 is 0 Å². The molecule has 0 spiro atoms. The third kappa shape index (κ3) is 1.43. The highest BCUT2D eigenvalue weighted by atomic mass is 35.5. The first kappa shape index (κ1) is 9.85. The van der Waals surface area contributed by atoms with Crippen molar-refractivity contribution in [2.75, 3.05) is 0 Å². The number of pyridine rings is 1. The first-order chi connectivity index (χ1) is 7.66. The highest BCUT2D eigenvalue weighted by Gasteiger charge is 2.23. The van der Waals surface area contributed by atoms with E-state index in [-0.39, 0.29) is 5.56 Å². The Morgan fingerprint density at radius 2 is 2.25 bits per heavy atom. The van der Waals surface area contributed by atoms with Crippen LogP contribution in [-0.4, -0.2) is 9.38 Å². The molecule has 4 heteroatoms. The van der Waals surface area contributed by atoms with Gasteiger partial charge in [0.05, 0.1) is 5.56 Å². The standard InChI is InChI=1S/C12H11ClN2O/c1-7-11(13)14-10-6-9(8-2-3-8)4-5-15(10)12(7)16/h4-6,8H,2-3H2,1H3. The fourth-order valence-electron chi connectivity index (χ4n) is 1.89. The highest BCUT2D eigenvalue weighted by Crippen LogP contribution is 2.40. The van der Waals surface area contributed by atoms with Gasteiger partial charge in [0.1, 0.15) is 10.8 Å². The molecule has 0 unspecified atom stereocenters. The van der Waals surface area contributed by atoms with Crippen LogP contribution in [0.15, 0.2) is 23.1 Å². The Balaban J connectivity index is 2.32. The molecule has 3 nitrogen and oxygen atoms in total. The summed E-state index contributed by atoms with van der Waals surface area (Å²) in [6, 6.07) is 3.96. The summed E-state index contributed by atoms with van der Waals surface area (Å²) in [6.45, 7) is 1.69. The summed E-state index contributed by atoms with van der Waals surface area (Å²) in [6.07, 6.45) is 4.27. The molecule has 0 bridgehead atoms. The summed E-state index contributed by atoms with van der Waals surface area (Å²) in [4.78, 5) is 16.1. The van der Waals surface area contributed by atoms with Gasteiger partial charge in [-0.2, -0.15) is 0 Å². The lowest BCUT2D eigenvalue weighted by Gasteiger charge is -2.05. The van der Waals surface area contributed by atoms with Crippen molar-refractivity contribution in [2.24, 2.45) is 0 Å². The number of rotatable bonds is 1. The molecule has 2 aromatic heterocycles. The van der Waals surface area contributed by atoms with E-state index in [0.717, 1.165) is 0 Å². The lowest BCUT2D eigenvalue weighted by molar-refractivity contribution is 0.995. The van der Waals surface area contributed by atoms with E-state index in [1.165, 1.54) is 18.4 Å². The van der Waals surface area contributed by atoms with Crippen molar-refractivity contribution in [1.82, 2.24) is 9.38 Å². The molecule has 0 aliphatic heterocycles. The number of hydrogen-bond donors (Lipinski definition) is 0. The molecule has 1 fully saturated rings. The van der Waals surface area contributed by atoms with Crippen LogP contribution in [0.5, 0.6) is 0 Å². The summed E-state index contributed by atoms with van der Waals surface area (Å²) >= 11 is 5.92. The molecule has 0 N–H and O–H groups in total. The maximum absolute atomic E-state index is 11.9. The Labute approximate surface area is 97.7 Å². The fourth-order valence-corrected chi connectivity index (χ4v) is 2.05. The summed E-state index contributed by atoms with van der Waals surface area (Å²) in [7, 11) is 0. The number of fused-ring (bicyclic) bond motifs is 1. The number of halogens is 1. The van der Waals surface area contributed by atoms with E-state index in [0.29, 0.717) is 22.3 Å². The zero-order valence-corrected chi connectivity index (χ0v) is 9.66. The van der Waals surface area contributed by atoms with Crippen LogP contribution in [0.3, 0.4) is 0 Å². The van der Waals surface area contributed by atoms with Crippen LogP contribution >= 0.6 is 11.6 Å². The van der Waals surface area contributed by atoms with E-state index in [4.69, 9.17) is 11.6 Å². The number of nitrogens with zero attached hydrogens (tertiary/aromatic N) is 2. The quantitative estimate of drug-likeness (QED) is 0.711. The van der Waals surface area contributed by atoms with E-state index in [1.54, 1.807) is 17.5 Å². The molecule has 2 heterocycles. The average molecular weight is 235 g/mol. The minimum absolute atomic E-state index is 0.0858. The molecule has 1 aliphatic rings. The molecule has 3 rings (SSSR count). The first-order valence-electron chi connectivity index (χ1n) is 5.35. The molecular weight excluding hydrogens is 224 g/mol. The maximum atomic E-state index is 11.9. The Kier molecular flexibility index (Phi) is 2.04. The van der Waals surface area contributed by atoms with Gasteiger partial charge in [-0.3, -0.25) is 9.20 Å². The molecule has 0 atom stereocenters. The second-order valence-corrected chi connectivity index (χ2v) is 4.65. The molecule has 0 saturated heterocycles. The van der Waals surface area contributed by atoms with Gasteiger partial charge in [-0.15, -0.1) is 0 Å². The van der Waals surface area contributed by atoms with E-state index in [2.05, 4.69) is 4.98 Å². The topological polar surface area (TPSA) is 34.4 Å². The molecular formula is C12H11ClN2O. The monoisotopic (exact) mass is 234 g/mol. The van der Waals surface area contributed by atoms with Crippen LogP contribution in [0.4, 0.5) is 0 Å². The second kappa shape index (κ2) is 3.32. The predicted molar refractivity (Wildman–Crippen MR) is 63.2 cm³/mol. The zero-order valence-electron chi connectivity index (χ0n) is 8.90. The van der Waals surface area contributed by atoms with Crippen LogP contribution in [0.2, 0.25) is 5.15 Å². The minimum Gasteiger partial charge on any atom is -0.269 e. The smallest absolute Gasteiger partial charge is 0.262 e. The average Bonchev–Trinajstić information content (AvgIpc) is 3.09. The summed E-state index contributed by atoms with van der Waals surface area (Å²) in [5.41, 5.74) is 2.31. The van der Waals surface area contributed by atoms with Gasteiger partial charge in [-0.25, -0.2) is 4.98 Å². The van der Waals surface area contributed by atoms with Gasteiger partial charge in [0, 0.05) is 6.20 Å². The first-order valence-corrected chi connectivity index (χ1v) is 5.73. The van der Waals surface area contributed by atoms with Crippen LogP contribution in [0.25, 0.3) is 5.65 Å². The third-order valence-electron chi connectivity index (χ3n) is 3.07.